The van der Waals surface area contributed by atoms with Crippen molar-refractivity contribution in [3.8, 4) is 11.5 Å². The molecule has 0 N–H and O–H groups in total. The zero-order chi connectivity index (χ0) is 17.2. The van der Waals surface area contributed by atoms with Gasteiger partial charge in [0.1, 0.15) is 17.6 Å². The number of aromatic nitrogens is 1. The van der Waals surface area contributed by atoms with Gasteiger partial charge >= 0.3 is 0 Å². The Kier molecular flexibility index (Phi) is 4.30. The number of ether oxygens (including phenoxy) is 2. The quantitative estimate of drug-likeness (QED) is 0.863. The highest BCUT2D eigenvalue weighted by Gasteiger charge is 2.34. The molecule has 0 unspecified atom stereocenters. The number of likely N-dealkylation sites (tertiary alicyclic amines) is 1. The average Bonchev–Trinajstić information content (AvgIpc) is 3.08. The summed E-state index contributed by atoms with van der Waals surface area (Å²) in [4.78, 5) is 18.7. The maximum atomic E-state index is 12.7. The first kappa shape index (κ1) is 15.9. The lowest BCUT2D eigenvalue weighted by Gasteiger charge is -2.33. The number of carbonyl (C=O) groups is 1. The fourth-order valence-corrected chi connectivity index (χ4v) is 3.49. The van der Waals surface area contributed by atoms with Crippen LogP contribution in [0.2, 0.25) is 0 Å². The fourth-order valence-electron chi connectivity index (χ4n) is 3.49. The molecule has 1 aromatic heterocycles. The smallest absolute Gasteiger partial charge is 0.263 e. The van der Waals surface area contributed by atoms with E-state index in [4.69, 9.17) is 9.47 Å². The van der Waals surface area contributed by atoms with Crippen molar-refractivity contribution in [2.45, 2.75) is 38.4 Å². The van der Waals surface area contributed by atoms with Crippen molar-refractivity contribution in [1.82, 2.24) is 9.88 Å². The number of fused-ring (bicyclic) bond motifs is 1. The monoisotopic (exact) mass is 338 g/mol. The van der Waals surface area contributed by atoms with Gasteiger partial charge in [0.15, 0.2) is 6.10 Å². The van der Waals surface area contributed by atoms with E-state index in [1.165, 1.54) is 0 Å². The number of hydrogen-bond donors (Lipinski definition) is 0. The summed E-state index contributed by atoms with van der Waals surface area (Å²) in [5.41, 5.74) is 2.16. The van der Waals surface area contributed by atoms with E-state index in [-0.39, 0.29) is 18.1 Å². The summed E-state index contributed by atoms with van der Waals surface area (Å²) < 4.78 is 11.9. The number of aryl methyl sites for hydroxylation is 1. The SMILES string of the molecule is Cc1cnccc1OC1CCN(C(=O)[C@@H]2Cc3ccccc3O2)CC1. The van der Waals surface area contributed by atoms with Gasteiger partial charge in [-0.05, 0) is 24.6 Å². The zero-order valence-electron chi connectivity index (χ0n) is 14.4. The molecular weight excluding hydrogens is 316 g/mol. The highest BCUT2D eigenvalue weighted by Crippen LogP contribution is 2.30. The molecule has 1 fully saturated rings. The maximum Gasteiger partial charge on any atom is 0.263 e. The Morgan fingerprint density at radius 1 is 1.24 bits per heavy atom. The molecule has 4 rings (SSSR count). The number of carbonyl (C=O) groups excluding carboxylic acids is 1. The van der Waals surface area contributed by atoms with Crippen molar-refractivity contribution < 1.29 is 14.3 Å². The van der Waals surface area contributed by atoms with Crippen LogP contribution in [-0.4, -0.2) is 41.1 Å². The number of hydrogen-bond acceptors (Lipinski definition) is 4. The lowest BCUT2D eigenvalue weighted by molar-refractivity contribution is -0.139. The van der Waals surface area contributed by atoms with Gasteiger partial charge in [-0.3, -0.25) is 9.78 Å². The molecule has 2 aliphatic heterocycles. The van der Waals surface area contributed by atoms with Crippen LogP contribution in [0.15, 0.2) is 42.7 Å². The summed E-state index contributed by atoms with van der Waals surface area (Å²) in [6, 6.07) is 9.78. The van der Waals surface area contributed by atoms with Crippen molar-refractivity contribution in [1.29, 1.82) is 0 Å². The van der Waals surface area contributed by atoms with E-state index < -0.39 is 0 Å². The Balaban J connectivity index is 1.32. The molecule has 2 aliphatic rings. The van der Waals surface area contributed by atoms with Gasteiger partial charge < -0.3 is 14.4 Å². The van der Waals surface area contributed by atoms with E-state index in [0.29, 0.717) is 19.5 Å². The van der Waals surface area contributed by atoms with Gasteiger partial charge in [0.2, 0.25) is 0 Å². The van der Waals surface area contributed by atoms with Gasteiger partial charge in [0, 0.05) is 50.3 Å². The van der Waals surface area contributed by atoms with Crippen molar-refractivity contribution in [2.24, 2.45) is 0 Å². The lowest BCUT2D eigenvalue weighted by atomic mass is 10.1. The molecule has 1 atom stereocenters. The number of rotatable bonds is 3. The summed E-state index contributed by atoms with van der Waals surface area (Å²) in [7, 11) is 0. The second kappa shape index (κ2) is 6.75. The minimum Gasteiger partial charge on any atom is -0.490 e. The minimum absolute atomic E-state index is 0.0924. The van der Waals surface area contributed by atoms with E-state index >= 15 is 0 Å². The molecule has 1 aromatic carbocycles. The number of amides is 1. The van der Waals surface area contributed by atoms with Gasteiger partial charge in [-0.1, -0.05) is 18.2 Å². The van der Waals surface area contributed by atoms with Crippen molar-refractivity contribution in [2.75, 3.05) is 13.1 Å². The summed E-state index contributed by atoms with van der Waals surface area (Å²) in [6.07, 6.45) is 5.67. The third kappa shape index (κ3) is 3.31. The third-order valence-electron chi connectivity index (χ3n) is 4.94. The second-order valence-electron chi connectivity index (χ2n) is 6.70. The number of benzene rings is 1. The molecule has 1 saturated heterocycles. The molecule has 0 aliphatic carbocycles. The van der Waals surface area contributed by atoms with Crippen molar-refractivity contribution in [3.05, 3.63) is 53.9 Å². The Bertz CT molecular complexity index is 744. The van der Waals surface area contributed by atoms with E-state index in [0.717, 1.165) is 35.5 Å². The lowest BCUT2D eigenvalue weighted by Crippen LogP contribution is -2.47. The van der Waals surface area contributed by atoms with Crippen LogP contribution in [0.25, 0.3) is 0 Å². The molecule has 1 amide bonds. The fraction of sp³-hybridized carbons (Fsp3) is 0.400. The summed E-state index contributed by atoms with van der Waals surface area (Å²) in [5.74, 6) is 1.82. The van der Waals surface area contributed by atoms with Crippen molar-refractivity contribution in [3.63, 3.8) is 0 Å². The Morgan fingerprint density at radius 3 is 2.80 bits per heavy atom. The minimum atomic E-state index is -0.377. The van der Waals surface area contributed by atoms with Crippen LogP contribution in [0.5, 0.6) is 11.5 Å². The summed E-state index contributed by atoms with van der Waals surface area (Å²) in [6.45, 7) is 3.42. The van der Waals surface area contributed by atoms with E-state index in [1.807, 2.05) is 48.4 Å². The molecule has 2 aromatic rings. The largest absolute Gasteiger partial charge is 0.490 e. The van der Waals surface area contributed by atoms with E-state index in [9.17, 15) is 4.79 Å². The number of piperidine rings is 1. The Hall–Kier alpha value is -2.56. The maximum absolute atomic E-state index is 12.7. The highest BCUT2D eigenvalue weighted by molar-refractivity contribution is 5.82. The predicted molar refractivity (Wildman–Crippen MR) is 93.8 cm³/mol. The number of para-hydroxylation sites is 1. The van der Waals surface area contributed by atoms with Crippen LogP contribution in [0, 0.1) is 6.92 Å². The molecule has 130 valence electrons. The normalized spacial score (nSPS) is 20.0. The molecule has 5 nitrogen and oxygen atoms in total. The van der Waals surface area contributed by atoms with Gasteiger partial charge in [0.25, 0.3) is 5.91 Å². The van der Waals surface area contributed by atoms with Crippen molar-refractivity contribution >= 4 is 5.91 Å². The van der Waals surface area contributed by atoms with Crippen LogP contribution in [0.1, 0.15) is 24.0 Å². The molecule has 0 saturated carbocycles. The molecular formula is C20H22N2O3. The van der Waals surface area contributed by atoms with Gasteiger partial charge in [-0.15, -0.1) is 0 Å². The topological polar surface area (TPSA) is 51.7 Å². The molecule has 0 bridgehead atoms. The first-order valence-electron chi connectivity index (χ1n) is 8.81. The zero-order valence-corrected chi connectivity index (χ0v) is 14.4. The van der Waals surface area contributed by atoms with Gasteiger partial charge in [-0.2, -0.15) is 0 Å². The van der Waals surface area contributed by atoms with E-state index in [1.54, 1.807) is 6.20 Å². The first-order valence-corrected chi connectivity index (χ1v) is 8.81. The molecule has 5 heteroatoms. The summed E-state index contributed by atoms with van der Waals surface area (Å²) in [5, 5.41) is 0. The number of pyridine rings is 1. The van der Waals surface area contributed by atoms with Crippen LogP contribution >= 0.6 is 0 Å². The molecule has 25 heavy (non-hydrogen) atoms. The number of nitrogens with zero attached hydrogens (tertiary/aromatic N) is 2. The molecule has 0 spiro atoms. The molecule has 0 radical (unpaired) electrons. The summed E-state index contributed by atoms with van der Waals surface area (Å²) >= 11 is 0. The first-order chi connectivity index (χ1) is 12.2. The second-order valence-corrected chi connectivity index (χ2v) is 6.70. The van der Waals surface area contributed by atoms with Crippen LogP contribution in [0.4, 0.5) is 0 Å². The third-order valence-corrected chi connectivity index (χ3v) is 4.94. The van der Waals surface area contributed by atoms with Crippen LogP contribution < -0.4 is 9.47 Å². The van der Waals surface area contributed by atoms with E-state index in [2.05, 4.69) is 4.98 Å². The van der Waals surface area contributed by atoms with Crippen LogP contribution in [0.3, 0.4) is 0 Å². The Labute approximate surface area is 147 Å². The highest BCUT2D eigenvalue weighted by atomic mass is 16.5. The predicted octanol–water partition coefficient (Wildman–Crippen LogP) is 2.76. The van der Waals surface area contributed by atoms with Crippen LogP contribution in [-0.2, 0) is 11.2 Å². The van der Waals surface area contributed by atoms with Gasteiger partial charge in [0.05, 0.1) is 0 Å². The van der Waals surface area contributed by atoms with Gasteiger partial charge in [-0.25, -0.2) is 0 Å². The Morgan fingerprint density at radius 2 is 2.04 bits per heavy atom. The standard InChI is InChI=1S/C20H22N2O3/c1-14-13-21-9-6-17(14)24-16-7-10-22(11-8-16)20(23)19-12-15-4-2-3-5-18(15)25-19/h2-6,9,13,16,19H,7-8,10-12H2,1H3/t19-/m0/s1. The average molecular weight is 338 g/mol. The molecule has 3 heterocycles.